The molecule has 0 spiro atoms. The minimum Gasteiger partial charge on any atom is -0.507 e. The van der Waals surface area contributed by atoms with Crippen LogP contribution in [0.5, 0.6) is 5.75 Å². The van der Waals surface area contributed by atoms with Crippen molar-refractivity contribution in [2.24, 2.45) is 0 Å². The third-order valence-corrected chi connectivity index (χ3v) is 2.43. The molecule has 0 aliphatic rings. The zero-order chi connectivity index (χ0) is 13.5. The summed E-state index contributed by atoms with van der Waals surface area (Å²) in [5.74, 6) is -1.10. The first-order valence-electron chi connectivity index (χ1n) is 5.65. The van der Waals surface area contributed by atoms with E-state index < -0.39 is 5.97 Å². The molecular formula is C13H16O5. The fourth-order valence-corrected chi connectivity index (χ4v) is 1.57. The van der Waals surface area contributed by atoms with Gasteiger partial charge in [0.25, 0.3) is 0 Å². The van der Waals surface area contributed by atoms with Gasteiger partial charge in [0.15, 0.2) is 0 Å². The first kappa shape index (κ1) is 14.0. The molecule has 0 atom stereocenters. The van der Waals surface area contributed by atoms with E-state index in [2.05, 4.69) is 4.74 Å². The molecule has 0 saturated carbocycles. The number of phenols is 1. The van der Waals surface area contributed by atoms with Crippen molar-refractivity contribution in [3.05, 3.63) is 29.3 Å². The third-order valence-electron chi connectivity index (χ3n) is 2.43. The second-order valence-electron chi connectivity index (χ2n) is 3.61. The lowest BCUT2D eigenvalue weighted by atomic mass is 10.0. The van der Waals surface area contributed by atoms with Crippen LogP contribution in [0.1, 0.15) is 29.3 Å². The molecule has 0 heterocycles. The number of ether oxygens (including phenoxy) is 2. The van der Waals surface area contributed by atoms with Crippen molar-refractivity contribution in [1.29, 1.82) is 0 Å². The summed E-state index contributed by atoms with van der Waals surface area (Å²) < 4.78 is 9.40. The van der Waals surface area contributed by atoms with E-state index in [0.29, 0.717) is 12.0 Å². The molecule has 1 aromatic carbocycles. The summed E-state index contributed by atoms with van der Waals surface area (Å²) in [7, 11) is 1.30. The van der Waals surface area contributed by atoms with E-state index in [1.54, 1.807) is 19.1 Å². The van der Waals surface area contributed by atoms with Crippen molar-refractivity contribution in [3.63, 3.8) is 0 Å². The summed E-state index contributed by atoms with van der Waals surface area (Å²) >= 11 is 0. The van der Waals surface area contributed by atoms with Crippen LogP contribution in [0.3, 0.4) is 0 Å². The van der Waals surface area contributed by atoms with Crippen LogP contribution in [-0.4, -0.2) is 30.8 Å². The Morgan fingerprint density at radius 3 is 2.67 bits per heavy atom. The number of esters is 2. The molecule has 0 radical (unpaired) electrons. The van der Waals surface area contributed by atoms with Crippen LogP contribution >= 0.6 is 0 Å². The molecule has 18 heavy (non-hydrogen) atoms. The van der Waals surface area contributed by atoms with Crippen LogP contribution in [0, 0.1) is 0 Å². The highest BCUT2D eigenvalue weighted by Gasteiger charge is 2.17. The number of carbonyl (C=O) groups excluding carboxylic acids is 2. The fourth-order valence-electron chi connectivity index (χ4n) is 1.57. The molecule has 0 saturated heterocycles. The monoisotopic (exact) mass is 252 g/mol. The maximum Gasteiger partial charge on any atom is 0.342 e. The molecule has 0 amide bonds. The summed E-state index contributed by atoms with van der Waals surface area (Å²) in [5.41, 5.74) is 0.683. The first-order valence-corrected chi connectivity index (χ1v) is 5.65. The van der Waals surface area contributed by atoms with Crippen molar-refractivity contribution in [1.82, 2.24) is 0 Å². The molecule has 1 aromatic rings. The normalized spacial score (nSPS) is 9.89. The molecule has 1 N–H and O–H groups in total. The summed E-state index contributed by atoms with van der Waals surface area (Å²) in [5, 5.41) is 9.69. The molecule has 5 heteroatoms. The minimum atomic E-state index is -0.588. The lowest BCUT2D eigenvalue weighted by molar-refractivity contribution is -0.140. The zero-order valence-electron chi connectivity index (χ0n) is 10.4. The Balaban J connectivity index is 2.93. The molecule has 0 aliphatic carbocycles. The van der Waals surface area contributed by atoms with Crippen LogP contribution in [-0.2, 0) is 20.7 Å². The molecule has 5 nitrogen and oxygen atoms in total. The van der Waals surface area contributed by atoms with Gasteiger partial charge in [-0.2, -0.15) is 0 Å². The van der Waals surface area contributed by atoms with Crippen LogP contribution in [0.2, 0.25) is 0 Å². The Bertz CT molecular complexity index is 439. The molecule has 0 aromatic heterocycles. The molecule has 0 bridgehead atoms. The van der Waals surface area contributed by atoms with E-state index in [0.717, 1.165) is 0 Å². The van der Waals surface area contributed by atoms with Gasteiger partial charge < -0.3 is 14.6 Å². The standard InChI is InChI=1S/C13H16O5/c1-3-18-13(16)12-9(5-4-6-10(12)14)7-8-11(15)17-2/h4-6,14H,3,7-8H2,1-2H3. The largest absolute Gasteiger partial charge is 0.507 e. The number of methoxy groups -OCH3 is 1. The highest BCUT2D eigenvalue weighted by Crippen LogP contribution is 2.23. The van der Waals surface area contributed by atoms with Crippen molar-refractivity contribution in [2.45, 2.75) is 19.8 Å². The van der Waals surface area contributed by atoms with Crippen molar-refractivity contribution in [3.8, 4) is 5.75 Å². The summed E-state index contributed by atoms with van der Waals surface area (Å²) in [6.07, 6.45) is 0.460. The maximum absolute atomic E-state index is 11.7. The van der Waals surface area contributed by atoms with E-state index in [4.69, 9.17) is 4.74 Å². The van der Waals surface area contributed by atoms with E-state index in [1.807, 2.05) is 0 Å². The number of aromatic hydroxyl groups is 1. The van der Waals surface area contributed by atoms with Crippen LogP contribution in [0.4, 0.5) is 0 Å². The zero-order valence-corrected chi connectivity index (χ0v) is 10.4. The van der Waals surface area contributed by atoms with E-state index >= 15 is 0 Å². The Hall–Kier alpha value is -2.04. The lowest BCUT2D eigenvalue weighted by Gasteiger charge is -2.10. The number of aryl methyl sites for hydroxylation is 1. The number of carbonyl (C=O) groups is 2. The summed E-state index contributed by atoms with van der Waals surface area (Å²) in [6.45, 7) is 1.91. The van der Waals surface area contributed by atoms with Gasteiger partial charge in [-0.1, -0.05) is 12.1 Å². The molecule has 1 rings (SSSR count). The third kappa shape index (κ3) is 3.48. The molecule has 0 unspecified atom stereocenters. The molecule has 0 aliphatic heterocycles. The average Bonchev–Trinajstić information content (AvgIpc) is 2.36. The van der Waals surface area contributed by atoms with Gasteiger partial charge in [0.05, 0.1) is 13.7 Å². The number of phenolic OH excluding ortho intramolecular Hbond substituents is 1. The lowest BCUT2D eigenvalue weighted by Crippen LogP contribution is -2.10. The Labute approximate surface area is 105 Å². The van der Waals surface area contributed by atoms with Gasteiger partial charge in [-0.3, -0.25) is 4.79 Å². The van der Waals surface area contributed by atoms with Gasteiger partial charge in [0, 0.05) is 6.42 Å². The Kier molecular flexibility index (Phi) is 5.17. The maximum atomic E-state index is 11.7. The molecule has 0 fully saturated rings. The first-order chi connectivity index (χ1) is 8.60. The highest BCUT2D eigenvalue weighted by atomic mass is 16.5. The Morgan fingerprint density at radius 2 is 2.06 bits per heavy atom. The molecule has 98 valence electrons. The highest BCUT2D eigenvalue weighted by molar-refractivity contribution is 5.94. The van der Waals surface area contributed by atoms with Gasteiger partial charge >= 0.3 is 11.9 Å². The second-order valence-corrected chi connectivity index (χ2v) is 3.61. The van der Waals surface area contributed by atoms with E-state index in [9.17, 15) is 14.7 Å². The van der Waals surface area contributed by atoms with Gasteiger partial charge in [-0.05, 0) is 25.0 Å². The summed E-state index contributed by atoms with van der Waals surface area (Å²) in [4.78, 5) is 22.8. The minimum absolute atomic E-state index is 0.114. The van der Waals surface area contributed by atoms with E-state index in [-0.39, 0.29) is 30.3 Å². The number of rotatable bonds is 5. The quantitative estimate of drug-likeness (QED) is 0.807. The van der Waals surface area contributed by atoms with Crippen LogP contribution < -0.4 is 0 Å². The molecular weight excluding hydrogens is 236 g/mol. The van der Waals surface area contributed by atoms with Crippen LogP contribution in [0.25, 0.3) is 0 Å². The van der Waals surface area contributed by atoms with Gasteiger partial charge in [-0.15, -0.1) is 0 Å². The Morgan fingerprint density at radius 1 is 1.33 bits per heavy atom. The average molecular weight is 252 g/mol. The number of hydrogen-bond donors (Lipinski definition) is 1. The predicted octanol–water partition coefficient (Wildman–Crippen LogP) is 1.67. The smallest absolute Gasteiger partial charge is 0.342 e. The van der Waals surface area contributed by atoms with Crippen molar-refractivity contribution in [2.75, 3.05) is 13.7 Å². The number of benzene rings is 1. The SMILES string of the molecule is CCOC(=O)c1c(O)cccc1CCC(=O)OC. The number of hydrogen-bond acceptors (Lipinski definition) is 5. The topological polar surface area (TPSA) is 72.8 Å². The van der Waals surface area contributed by atoms with E-state index in [1.165, 1.54) is 13.2 Å². The fraction of sp³-hybridized carbons (Fsp3) is 0.385. The van der Waals surface area contributed by atoms with Gasteiger partial charge in [-0.25, -0.2) is 4.79 Å². The predicted molar refractivity (Wildman–Crippen MR) is 64.4 cm³/mol. The second kappa shape index (κ2) is 6.64. The van der Waals surface area contributed by atoms with Crippen molar-refractivity contribution < 1.29 is 24.2 Å². The van der Waals surface area contributed by atoms with Gasteiger partial charge in [0.2, 0.25) is 0 Å². The van der Waals surface area contributed by atoms with Crippen LogP contribution in [0.15, 0.2) is 18.2 Å². The van der Waals surface area contributed by atoms with Gasteiger partial charge in [0.1, 0.15) is 11.3 Å². The van der Waals surface area contributed by atoms with Crippen molar-refractivity contribution >= 4 is 11.9 Å². The summed E-state index contributed by atoms with van der Waals surface area (Å²) in [6, 6.07) is 4.70.